The third kappa shape index (κ3) is 4.05. The summed E-state index contributed by atoms with van der Waals surface area (Å²) in [5.74, 6) is 0. The number of rotatable bonds is 3. The van der Waals surface area contributed by atoms with Gasteiger partial charge in [0, 0.05) is 19.6 Å². The molecule has 3 heterocycles. The number of halogens is 1. The van der Waals surface area contributed by atoms with Gasteiger partial charge in [-0.1, -0.05) is 18.2 Å². The first-order chi connectivity index (χ1) is 11.3. The van der Waals surface area contributed by atoms with Crippen molar-refractivity contribution in [2.45, 2.75) is 57.8 Å². The maximum absolute atomic E-state index is 4.34. The number of allylic oxidation sites excluding steroid dienone is 3. The summed E-state index contributed by atoms with van der Waals surface area (Å²) in [7, 11) is -2.09. The third-order valence-electron chi connectivity index (χ3n) is 5.01. The maximum atomic E-state index is 4.34. The summed E-state index contributed by atoms with van der Waals surface area (Å²) in [6.45, 7) is 3.51. The molecule has 0 aromatic heterocycles. The van der Waals surface area contributed by atoms with E-state index in [0.717, 1.165) is 0 Å². The highest BCUT2D eigenvalue weighted by Gasteiger charge is 2.48. The zero-order valence-electron chi connectivity index (χ0n) is 14.2. The average Bonchev–Trinajstić information content (AvgIpc) is 3.10. The summed E-state index contributed by atoms with van der Waals surface area (Å²) in [5.41, 5.74) is 0. The summed E-state index contributed by atoms with van der Waals surface area (Å²) >= 11 is 4.34. The van der Waals surface area contributed by atoms with E-state index in [0.29, 0.717) is 0 Å². The SMILES string of the molecule is Br[Si](N1C=CCCCC1)(N1C=CCCCC1)N1C=CCCCC1. The highest BCUT2D eigenvalue weighted by molar-refractivity contribution is 9.25. The van der Waals surface area contributed by atoms with E-state index in [1.165, 1.54) is 77.4 Å². The second-order valence-corrected chi connectivity index (χ2v) is 12.8. The minimum atomic E-state index is -2.09. The quantitative estimate of drug-likeness (QED) is 0.500. The zero-order chi connectivity index (χ0) is 16.0. The Morgan fingerprint density at radius 2 is 0.913 bits per heavy atom. The molecule has 0 atom stereocenters. The summed E-state index contributed by atoms with van der Waals surface area (Å²) in [6.07, 6.45) is 25.8. The Balaban J connectivity index is 1.92. The largest absolute Gasteiger partial charge is 0.454 e. The van der Waals surface area contributed by atoms with E-state index in [2.05, 4.69) is 65.8 Å². The molecular formula is C18H30BrN3Si. The van der Waals surface area contributed by atoms with Gasteiger partial charge >= 0.3 is 7.18 Å². The van der Waals surface area contributed by atoms with Crippen molar-refractivity contribution in [3.8, 4) is 0 Å². The van der Waals surface area contributed by atoms with Crippen LogP contribution in [0.4, 0.5) is 0 Å². The highest BCUT2D eigenvalue weighted by atomic mass is 79.9. The fraction of sp³-hybridized carbons (Fsp3) is 0.667. The number of hydrogen-bond donors (Lipinski definition) is 0. The van der Waals surface area contributed by atoms with Crippen LogP contribution in [0.3, 0.4) is 0 Å². The van der Waals surface area contributed by atoms with Crippen molar-refractivity contribution >= 4 is 22.5 Å². The first-order valence-electron chi connectivity index (χ1n) is 9.31. The molecule has 0 saturated heterocycles. The van der Waals surface area contributed by atoms with Crippen LogP contribution in [-0.2, 0) is 0 Å². The molecule has 0 saturated carbocycles. The van der Waals surface area contributed by atoms with Crippen molar-refractivity contribution in [2.75, 3.05) is 19.6 Å². The van der Waals surface area contributed by atoms with Gasteiger partial charge in [-0.25, -0.2) is 0 Å². The lowest BCUT2D eigenvalue weighted by atomic mass is 10.2. The van der Waals surface area contributed by atoms with Crippen LogP contribution in [0.25, 0.3) is 0 Å². The minimum absolute atomic E-state index is 1.17. The molecule has 0 bridgehead atoms. The Kier molecular flexibility index (Phi) is 6.28. The van der Waals surface area contributed by atoms with Crippen molar-refractivity contribution in [3.05, 3.63) is 36.8 Å². The molecule has 0 unspecified atom stereocenters. The Morgan fingerprint density at radius 3 is 1.26 bits per heavy atom. The van der Waals surface area contributed by atoms with Crippen LogP contribution in [0.5, 0.6) is 0 Å². The van der Waals surface area contributed by atoms with Crippen molar-refractivity contribution in [2.24, 2.45) is 0 Å². The van der Waals surface area contributed by atoms with E-state index in [4.69, 9.17) is 0 Å². The molecule has 0 fully saturated rings. The van der Waals surface area contributed by atoms with Crippen molar-refractivity contribution in [3.63, 3.8) is 0 Å². The van der Waals surface area contributed by atoms with Crippen molar-refractivity contribution in [1.82, 2.24) is 13.7 Å². The minimum Gasteiger partial charge on any atom is -0.362 e. The first-order valence-corrected chi connectivity index (χ1v) is 13.4. The fourth-order valence-electron chi connectivity index (χ4n) is 3.67. The van der Waals surface area contributed by atoms with Crippen LogP contribution in [0.1, 0.15) is 57.8 Å². The van der Waals surface area contributed by atoms with Crippen LogP contribution >= 0.6 is 15.3 Å². The van der Waals surface area contributed by atoms with Crippen molar-refractivity contribution < 1.29 is 0 Å². The van der Waals surface area contributed by atoms with Gasteiger partial charge in [0.25, 0.3) is 0 Å². The molecule has 3 rings (SSSR count). The molecule has 5 heteroatoms. The van der Waals surface area contributed by atoms with Crippen LogP contribution in [0.15, 0.2) is 36.8 Å². The van der Waals surface area contributed by atoms with Crippen LogP contribution in [0.2, 0.25) is 0 Å². The number of nitrogens with zero attached hydrogens (tertiary/aromatic N) is 3. The fourth-order valence-corrected chi connectivity index (χ4v) is 9.53. The summed E-state index contributed by atoms with van der Waals surface area (Å²) < 4.78 is 7.93. The average molecular weight is 396 g/mol. The molecule has 0 aliphatic carbocycles. The Bertz CT molecular complexity index is 399. The molecule has 23 heavy (non-hydrogen) atoms. The third-order valence-corrected chi connectivity index (χ3v) is 12.4. The molecule has 128 valence electrons. The highest BCUT2D eigenvalue weighted by Crippen LogP contribution is 2.32. The predicted molar refractivity (Wildman–Crippen MR) is 104 cm³/mol. The molecule has 0 amide bonds. The van der Waals surface area contributed by atoms with Gasteiger partial charge < -0.3 is 13.7 Å². The lowest BCUT2D eigenvalue weighted by Crippen LogP contribution is -2.67. The first kappa shape index (κ1) is 17.2. The van der Waals surface area contributed by atoms with Crippen LogP contribution in [0, 0.1) is 0 Å². The van der Waals surface area contributed by atoms with Gasteiger partial charge in [0.15, 0.2) is 0 Å². The van der Waals surface area contributed by atoms with Crippen LogP contribution < -0.4 is 0 Å². The molecule has 3 aliphatic heterocycles. The summed E-state index contributed by atoms with van der Waals surface area (Å²) in [6, 6.07) is 0. The topological polar surface area (TPSA) is 9.72 Å². The van der Waals surface area contributed by atoms with Gasteiger partial charge in [-0.15, -0.1) is 0 Å². The van der Waals surface area contributed by atoms with Gasteiger partial charge in [-0.05, 0) is 91.7 Å². The molecule has 3 nitrogen and oxygen atoms in total. The standard InChI is InChI=1S/C18H30BrN3Si/c19-23(20-13-7-1-2-8-14-20,21-15-9-3-4-10-16-21)22-17-11-5-6-12-18-22/h7,9,11,13,15,17H,1-6,8,10,12,14,16,18H2. The second-order valence-electron chi connectivity index (χ2n) is 6.78. The maximum Gasteiger partial charge on any atom is 0.454 e. The monoisotopic (exact) mass is 395 g/mol. The molecule has 0 radical (unpaired) electrons. The molecule has 0 N–H and O–H groups in total. The van der Waals surface area contributed by atoms with Gasteiger partial charge in [0.1, 0.15) is 0 Å². The predicted octanol–water partition coefficient (Wildman–Crippen LogP) is 4.82. The molecule has 0 aromatic rings. The van der Waals surface area contributed by atoms with E-state index in [9.17, 15) is 0 Å². The van der Waals surface area contributed by atoms with Crippen LogP contribution in [-0.4, -0.2) is 40.5 Å². The normalized spacial score (nSPS) is 23.6. The lowest BCUT2D eigenvalue weighted by Gasteiger charge is -2.48. The second kappa shape index (κ2) is 8.43. The zero-order valence-corrected chi connectivity index (χ0v) is 16.8. The van der Waals surface area contributed by atoms with E-state index >= 15 is 0 Å². The Hall–Kier alpha value is -0.683. The Labute approximate surface area is 150 Å². The van der Waals surface area contributed by atoms with Gasteiger partial charge in [0.05, 0.1) is 0 Å². The van der Waals surface area contributed by atoms with E-state index < -0.39 is 7.18 Å². The summed E-state index contributed by atoms with van der Waals surface area (Å²) in [5, 5.41) is 0. The molecular weight excluding hydrogens is 366 g/mol. The van der Waals surface area contributed by atoms with E-state index in [1.807, 2.05) is 0 Å². The molecule has 3 aliphatic rings. The number of hydrogen-bond acceptors (Lipinski definition) is 3. The molecule has 0 aromatic carbocycles. The van der Waals surface area contributed by atoms with E-state index in [-0.39, 0.29) is 0 Å². The smallest absolute Gasteiger partial charge is 0.362 e. The molecule has 0 spiro atoms. The van der Waals surface area contributed by atoms with Gasteiger partial charge in [-0.2, -0.15) is 0 Å². The summed E-state index contributed by atoms with van der Waals surface area (Å²) in [4.78, 5) is 0. The van der Waals surface area contributed by atoms with E-state index in [1.54, 1.807) is 0 Å². The van der Waals surface area contributed by atoms with Gasteiger partial charge in [0.2, 0.25) is 0 Å². The Morgan fingerprint density at radius 1 is 0.565 bits per heavy atom. The van der Waals surface area contributed by atoms with Gasteiger partial charge in [-0.3, -0.25) is 0 Å². The van der Waals surface area contributed by atoms with Crippen molar-refractivity contribution in [1.29, 1.82) is 0 Å². The lowest BCUT2D eigenvalue weighted by molar-refractivity contribution is 0.370.